The van der Waals surface area contributed by atoms with Gasteiger partial charge in [0, 0.05) is 26.8 Å². The average Bonchev–Trinajstić information content (AvgIpc) is 2.29. The minimum atomic E-state index is -0.193. The van der Waals surface area contributed by atoms with Gasteiger partial charge in [0.15, 0.2) is 0 Å². The van der Waals surface area contributed by atoms with Gasteiger partial charge in [-0.3, -0.25) is 4.79 Å². The van der Waals surface area contributed by atoms with E-state index in [1.54, 1.807) is 33.3 Å². The van der Waals surface area contributed by atoms with E-state index in [0.29, 0.717) is 12.1 Å². The number of hydrogen-bond acceptors (Lipinski definition) is 2. The number of carbonyl (C=O) groups is 2. The van der Waals surface area contributed by atoms with Gasteiger partial charge in [-0.05, 0) is 17.7 Å². The van der Waals surface area contributed by atoms with Gasteiger partial charge in [0.05, 0.1) is 6.42 Å². The lowest BCUT2D eigenvalue weighted by atomic mass is 10.1. The highest BCUT2D eigenvalue weighted by Gasteiger charge is 2.05. The van der Waals surface area contributed by atoms with Crippen LogP contribution in [-0.2, 0) is 11.2 Å². The number of likely N-dealkylation sites (N-methyl/N-ethyl adjacent to an activating group) is 1. The Morgan fingerprint density at radius 1 is 1.29 bits per heavy atom. The molecule has 0 fully saturated rings. The van der Waals surface area contributed by atoms with Crippen LogP contribution in [0.5, 0.6) is 0 Å². The number of benzene rings is 1. The summed E-state index contributed by atoms with van der Waals surface area (Å²) >= 11 is 0. The quantitative estimate of drug-likeness (QED) is 0.823. The molecule has 0 aliphatic heterocycles. The molecule has 2 N–H and O–H groups in total. The van der Waals surface area contributed by atoms with Crippen LogP contribution in [-0.4, -0.2) is 38.0 Å². The third-order valence-electron chi connectivity index (χ3n) is 2.23. The van der Waals surface area contributed by atoms with E-state index in [9.17, 15) is 9.59 Å². The van der Waals surface area contributed by atoms with Crippen molar-refractivity contribution < 1.29 is 9.59 Å². The maximum Gasteiger partial charge on any atom is 0.321 e. The monoisotopic (exact) mass is 235 g/mol. The number of nitrogens with one attached hydrogen (secondary N) is 2. The Bertz CT molecular complexity index is 416. The molecule has 5 nitrogen and oxygen atoms in total. The maximum absolute atomic E-state index is 11.4. The standard InChI is InChI=1S/C12H17N3O2/c1-13-11(16)8-9-5-4-6-10(7-9)14-12(17)15(2)3/h4-7H,8H2,1-3H3,(H,13,16)(H,14,17). The van der Waals surface area contributed by atoms with Crippen molar-refractivity contribution in [1.82, 2.24) is 10.2 Å². The summed E-state index contributed by atoms with van der Waals surface area (Å²) in [5, 5.41) is 5.29. The van der Waals surface area contributed by atoms with Crippen molar-refractivity contribution in [3.63, 3.8) is 0 Å². The summed E-state index contributed by atoms with van der Waals surface area (Å²) in [5.41, 5.74) is 1.55. The number of urea groups is 1. The van der Waals surface area contributed by atoms with E-state index in [4.69, 9.17) is 0 Å². The molecule has 0 aliphatic rings. The van der Waals surface area contributed by atoms with Crippen molar-refractivity contribution in [3.05, 3.63) is 29.8 Å². The van der Waals surface area contributed by atoms with Crippen LogP contribution in [0.25, 0.3) is 0 Å². The second-order valence-corrected chi connectivity index (χ2v) is 3.87. The van der Waals surface area contributed by atoms with Gasteiger partial charge in [-0.15, -0.1) is 0 Å². The van der Waals surface area contributed by atoms with Crippen molar-refractivity contribution in [2.45, 2.75) is 6.42 Å². The van der Waals surface area contributed by atoms with Gasteiger partial charge >= 0.3 is 6.03 Å². The van der Waals surface area contributed by atoms with Crippen molar-refractivity contribution in [2.24, 2.45) is 0 Å². The highest BCUT2D eigenvalue weighted by Crippen LogP contribution is 2.11. The molecule has 0 spiro atoms. The lowest BCUT2D eigenvalue weighted by Gasteiger charge is -2.12. The molecule has 1 aromatic carbocycles. The van der Waals surface area contributed by atoms with E-state index in [2.05, 4.69) is 10.6 Å². The van der Waals surface area contributed by atoms with Crippen LogP contribution < -0.4 is 10.6 Å². The molecule has 0 aliphatic carbocycles. The first-order valence-electron chi connectivity index (χ1n) is 5.30. The average molecular weight is 235 g/mol. The van der Waals surface area contributed by atoms with Gasteiger partial charge in [-0.2, -0.15) is 0 Å². The fourth-order valence-corrected chi connectivity index (χ4v) is 1.27. The molecule has 0 aromatic heterocycles. The Labute approximate surface area is 101 Å². The molecule has 0 heterocycles. The summed E-state index contributed by atoms with van der Waals surface area (Å²) in [5.74, 6) is -0.0545. The Morgan fingerprint density at radius 3 is 2.59 bits per heavy atom. The molecule has 92 valence electrons. The number of rotatable bonds is 3. The first-order valence-corrected chi connectivity index (χ1v) is 5.30. The molecule has 5 heteroatoms. The zero-order valence-electron chi connectivity index (χ0n) is 10.3. The summed E-state index contributed by atoms with van der Waals surface area (Å²) in [4.78, 5) is 24.1. The zero-order valence-corrected chi connectivity index (χ0v) is 10.3. The van der Waals surface area contributed by atoms with Crippen LogP contribution in [0, 0.1) is 0 Å². The molecule has 0 bridgehead atoms. The number of hydrogen-bond donors (Lipinski definition) is 2. The lowest BCUT2D eigenvalue weighted by molar-refractivity contribution is -0.119. The second kappa shape index (κ2) is 5.89. The summed E-state index contributed by atoms with van der Waals surface area (Å²) in [6, 6.07) is 7.04. The normalized spacial score (nSPS) is 9.59. The third-order valence-corrected chi connectivity index (χ3v) is 2.23. The van der Waals surface area contributed by atoms with E-state index in [1.165, 1.54) is 4.90 Å². The summed E-state index contributed by atoms with van der Waals surface area (Å²) < 4.78 is 0. The molecule has 0 radical (unpaired) electrons. The maximum atomic E-state index is 11.4. The van der Waals surface area contributed by atoms with Crippen molar-refractivity contribution in [1.29, 1.82) is 0 Å². The highest BCUT2D eigenvalue weighted by atomic mass is 16.2. The summed E-state index contributed by atoms with van der Waals surface area (Å²) in [6.45, 7) is 0. The topological polar surface area (TPSA) is 61.4 Å². The molecular formula is C12H17N3O2. The first kappa shape index (κ1) is 13.0. The number of nitrogens with zero attached hydrogens (tertiary/aromatic N) is 1. The van der Waals surface area contributed by atoms with E-state index in [-0.39, 0.29) is 11.9 Å². The highest BCUT2D eigenvalue weighted by molar-refractivity contribution is 5.89. The molecular weight excluding hydrogens is 218 g/mol. The first-order chi connectivity index (χ1) is 8.02. The van der Waals surface area contributed by atoms with Gasteiger partial charge in [-0.25, -0.2) is 4.79 Å². The minimum absolute atomic E-state index is 0.0545. The fraction of sp³-hybridized carbons (Fsp3) is 0.333. The molecule has 0 saturated carbocycles. The van der Waals surface area contributed by atoms with Crippen LogP contribution in [0.1, 0.15) is 5.56 Å². The van der Waals surface area contributed by atoms with Gasteiger partial charge in [-0.1, -0.05) is 12.1 Å². The number of carbonyl (C=O) groups excluding carboxylic acids is 2. The predicted molar refractivity (Wildman–Crippen MR) is 66.9 cm³/mol. The molecule has 0 unspecified atom stereocenters. The third kappa shape index (κ3) is 4.14. The van der Waals surface area contributed by atoms with Crippen LogP contribution in [0.15, 0.2) is 24.3 Å². The number of amides is 3. The lowest BCUT2D eigenvalue weighted by Crippen LogP contribution is -2.27. The van der Waals surface area contributed by atoms with Gasteiger partial charge in [0.1, 0.15) is 0 Å². The predicted octanol–water partition coefficient (Wildman–Crippen LogP) is 1.07. The number of anilines is 1. The Kier molecular flexibility index (Phi) is 4.51. The van der Waals surface area contributed by atoms with Gasteiger partial charge < -0.3 is 15.5 Å². The van der Waals surface area contributed by atoms with Crippen LogP contribution in [0.3, 0.4) is 0 Å². The Balaban J connectivity index is 2.72. The van der Waals surface area contributed by atoms with Crippen molar-refractivity contribution in [2.75, 3.05) is 26.5 Å². The van der Waals surface area contributed by atoms with Gasteiger partial charge in [0.2, 0.25) is 5.91 Å². The van der Waals surface area contributed by atoms with Crippen molar-refractivity contribution in [3.8, 4) is 0 Å². The molecule has 1 rings (SSSR count). The van der Waals surface area contributed by atoms with E-state index < -0.39 is 0 Å². The van der Waals surface area contributed by atoms with Crippen LogP contribution in [0.4, 0.5) is 10.5 Å². The smallest absolute Gasteiger partial charge is 0.321 e. The molecule has 0 saturated heterocycles. The Morgan fingerprint density at radius 2 is 2.00 bits per heavy atom. The van der Waals surface area contributed by atoms with Crippen LogP contribution >= 0.6 is 0 Å². The SMILES string of the molecule is CNC(=O)Cc1cccc(NC(=O)N(C)C)c1. The largest absolute Gasteiger partial charge is 0.359 e. The molecule has 1 aromatic rings. The minimum Gasteiger partial charge on any atom is -0.359 e. The summed E-state index contributed by atoms with van der Waals surface area (Å²) in [7, 11) is 4.94. The Hall–Kier alpha value is -2.04. The molecule has 3 amide bonds. The molecule has 0 atom stereocenters. The van der Waals surface area contributed by atoms with E-state index in [1.807, 2.05) is 12.1 Å². The van der Waals surface area contributed by atoms with E-state index in [0.717, 1.165) is 5.56 Å². The van der Waals surface area contributed by atoms with Crippen molar-refractivity contribution >= 4 is 17.6 Å². The van der Waals surface area contributed by atoms with Crippen LogP contribution in [0.2, 0.25) is 0 Å². The summed E-state index contributed by atoms with van der Waals surface area (Å²) in [6.07, 6.45) is 0.308. The van der Waals surface area contributed by atoms with E-state index >= 15 is 0 Å². The second-order valence-electron chi connectivity index (χ2n) is 3.87. The fourth-order valence-electron chi connectivity index (χ4n) is 1.27. The zero-order chi connectivity index (χ0) is 12.8. The van der Waals surface area contributed by atoms with Gasteiger partial charge in [0.25, 0.3) is 0 Å². The molecule has 17 heavy (non-hydrogen) atoms.